The highest BCUT2D eigenvalue weighted by molar-refractivity contribution is 7.12. The Kier molecular flexibility index (Phi) is 11.1. The highest BCUT2D eigenvalue weighted by Gasteiger charge is 2.66. The fourth-order valence-electron chi connectivity index (χ4n) is 13.7. The number of anilines is 2. The molecule has 0 radical (unpaired) electrons. The monoisotopic (exact) mass is 1010 g/mol. The van der Waals surface area contributed by atoms with Gasteiger partial charge in [0.25, 0.3) is 0 Å². The average Bonchev–Trinajstić information content (AvgIpc) is 4.28. The van der Waals surface area contributed by atoms with E-state index in [1.165, 1.54) is 109 Å². The summed E-state index contributed by atoms with van der Waals surface area (Å²) in [6.45, 7) is -0.845. The Bertz CT molecular complexity index is 4180. The van der Waals surface area contributed by atoms with Gasteiger partial charge in [0.05, 0.1) is 0 Å². The first-order valence-electron chi connectivity index (χ1n) is 27.9. The minimum Gasteiger partial charge on any atom is -0.425 e. The summed E-state index contributed by atoms with van der Waals surface area (Å²) in [5, 5.41) is 15.4. The van der Waals surface area contributed by atoms with Crippen molar-refractivity contribution in [3.8, 4) is 22.3 Å². The van der Waals surface area contributed by atoms with Crippen molar-refractivity contribution in [2.45, 2.75) is 0 Å². The molecule has 0 atom stereocenters. The lowest BCUT2D eigenvalue weighted by molar-refractivity contribution is 0.439. The van der Waals surface area contributed by atoms with Crippen molar-refractivity contribution < 1.29 is 0 Å². The van der Waals surface area contributed by atoms with Crippen LogP contribution in [0, 0.1) is 0 Å². The first kappa shape index (κ1) is 46.5. The number of hydrogen-bond acceptors (Lipinski definition) is 4. The van der Waals surface area contributed by atoms with Crippen molar-refractivity contribution in [2.24, 2.45) is 0 Å². The van der Waals surface area contributed by atoms with Crippen LogP contribution in [0.15, 0.2) is 303 Å². The summed E-state index contributed by atoms with van der Waals surface area (Å²) in [6, 6.07) is 113. The third-order valence-corrected chi connectivity index (χ3v) is 17.2. The maximum Gasteiger partial charge on any atom is 0.370 e. The molecule has 8 heteroatoms. The van der Waals surface area contributed by atoms with Crippen LogP contribution in [0.4, 0.5) is 11.4 Å². The van der Waals surface area contributed by atoms with E-state index in [2.05, 4.69) is 322 Å². The van der Waals surface area contributed by atoms with E-state index in [1.54, 1.807) is 0 Å². The topological polar surface area (TPSA) is 13.0 Å². The van der Waals surface area contributed by atoms with Crippen LogP contribution in [-0.4, -0.2) is 37.6 Å². The molecular formula is C72H50B4N4. The number of hydrogen-bond donors (Lipinski definition) is 0. The van der Waals surface area contributed by atoms with Crippen LogP contribution < -0.4 is 31.3 Å². The van der Waals surface area contributed by atoms with E-state index in [0.717, 1.165) is 11.4 Å². The molecule has 80 heavy (non-hydrogen) atoms. The van der Waals surface area contributed by atoms with Gasteiger partial charge >= 0.3 is 27.9 Å². The minimum atomic E-state index is -0.211. The van der Waals surface area contributed by atoms with E-state index in [-0.39, 0.29) is 27.9 Å². The molecule has 2 aliphatic rings. The highest BCUT2D eigenvalue weighted by atomic mass is 15.7. The zero-order chi connectivity index (χ0) is 52.7. The van der Waals surface area contributed by atoms with Gasteiger partial charge in [-0.05, 0) is 145 Å². The van der Waals surface area contributed by atoms with Gasteiger partial charge in [-0.2, -0.15) is 0 Å². The van der Waals surface area contributed by atoms with E-state index >= 15 is 0 Å². The Morgan fingerprint density at radius 2 is 0.388 bits per heavy atom. The Morgan fingerprint density at radius 3 is 0.650 bits per heavy atom. The van der Waals surface area contributed by atoms with Gasteiger partial charge in [-0.1, -0.05) is 267 Å². The van der Waals surface area contributed by atoms with Gasteiger partial charge in [0.2, 0.25) is 0 Å². The molecule has 0 unspecified atom stereocenters. The first-order chi connectivity index (χ1) is 39.7. The molecule has 16 rings (SSSR count). The van der Waals surface area contributed by atoms with Crippen LogP contribution >= 0.6 is 0 Å². The van der Waals surface area contributed by atoms with E-state index in [1.807, 2.05) is 0 Å². The van der Waals surface area contributed by atoms with Crippen LogP contribution in [0.1, 0.15) is 0 Å². The summed E-state index contributed by atoms with van der Waals surface area (Å²) < 4.78 is 5.35. The van der Waals surface area contributed by atoms with Crippen molar-refractivity contribution in [1.82, 2.24) is 9.66 Å². The lowest BCUT2D eigenvalue weighted by Gasteiger charge is -2.37. The van der Waals surface area contributed by atoms with Crippen molar-refractivity contribution in [2.75, 3.05) is 9.44 Å². The first-order valence-corrected chi connectivity index (χ1v) is 27.9. The summed E-state index contributed by atoms with van der Waals surface area (Å²) >= 11 is 0. The van der Waals surface area contributed by atoms with Crippen molar-refractivity contribution in [1.29, 1.82) is 0 Å². The van der Waals surface area contributed by atoms with E-state index in [0.29, 0.717) is 0 Å². The predicted octanol–water partition coefficient (Wildman–Crippen LogP) is 14.4. The van der Waals surface area contributed by atoms with Crippen LogP contribution in [0.3, 0.4) is 0 Å². The fourth-order valence-corrected chi connectivity index (χ4v) is 13.7. The molecule has 0 aliphatic carbocycles. The Morgan fingerprint density at radius 1 is 0.175 bits per heavy atom. The molecule has 0 N–H and O–H groups in total. The summed E-state index contributed by atoms with van der Waals surface area (Å²) in [4.78, 5) is 5.39. The molecule has 0 amide bonds. The number of benzene rings is 14. The Balaban J connectivity index is 0.855. The summed E-state index contributed by atoms with van der Waals surface area (Å²) in [5.41, 5.74) is 11.9. The standard InChI is InChI=1S/C72H50B4N4/c1-5-21-55(22-6-1)73-77(59-43-37-51(38-44-59)53-41-47-69-65-33-15-13-29-61(65)63-31-17-19-35-67(63)71(69)49-53)74(56-23-7-2-8-24-56)80-76(58-27-11-4-12-28-58)78(75(79(73)80)57-25-9-3-10-26-57)60-45-39-52(40-46-60)54-42-48-70-66-34-16-14-30-62(66)64-32-18-20-36-68(64)72(70)50-54/h1-50H. The van der Waals surface area contributed by atoms with Crippen LogP contribution in [0.25, 0.3) is 86.9 Å². The smallest absolute Gasteiger partial charge is 0.370 e. The molecule has 14 aromatic carbocycles. The van der Waals surface area contributed by atoms with Crippen LogP contribution in [0.5, 0.6) is 0 Å². The summed E-state index contributed by atoms with van der Waals surface area (Å²) in [5.74, 6) is 0. The molecular weight excluding hydrogens is 964 g/mol. The number of rotatable bonds is 8. The second-order valence-electron chi connectivity index (χ2n) is 21.5. The molecule has 0 spiro atoms. The van der Waals surface area contributed by atoms with Crippen molar-refractivity contribution in [3.05, 3.63) is 303 Å². The summed E-state index contributed by atoms with van der Waals surface area (Å²) in [6.07, 6.45) is 0. The van der Waals surface area contributed by atoms with Gasteiger partial charge in [-0.25, -0.2) is 0 Å². The molecule has 4 nitrogen and oxygen atoms in total. The van der Waals surface area contributed by atoms with Gasteiger partial charge in [0, 0.05) is 11.4 Å². The third-order valence-electron chi connectivity index (χ3n) is 17.2. The van der Waals surface area contributed by atoms with E-state index < -0.39 is 0 Å². The number of nitrogens with zero attached hydrogens (tertiary/aromatic N) is 4. The lowest BCUT2D eigenvalue weighted by atomic mass is 9.45. The van der Waals surface area contributed by atoms with Crippen molar-refractivity contribution >= 4 is 126 Å². The highest BCUT2D eigenvalue weighted by Crippen LogP contribution is 2.42. The molecule has 370 valence electrons. The molecule has 2 aliphatic heterocycles. The SMILES string of the molecule is c1ccc(B2N(c3ccc(-c4ccc5c6ccccc6c6ccccc6c5c4)cc3)B(c3ccccc3)N3B(c4ccccc4)N(c4ccc(-c5ccc6c7ccccc7c7ccccc7c6c5)cc4)B(c4ccccc4)N23)cc1. The molecule has 0 bridgehead atoms. The maximum atomic E-state index is 2.69. The summed E-state index contributed by atoms with van der Waals surface area (Å²) in [7, 11) is 0. The largest absolute Gasteiger partial charge is 0.425 e. The molecule has 14 aromatic rings. The fraction of sp³-hybridized carbons (Fsp3) is 0. The van der Waals surface area contributed by atoms with Crippen LogP contribution in [0.2, 0.25) is 0 Å². The molecule has 2 heterocycles. The van der Waals surface area contributed by atoms with Gasteiger partial charge in [0.1, 0.15) is 0 Å². The van der Waals surface area contributed by atoms with E-state index in [9.17, 15) is 0 Å². The molecule has 2 fully saturated rings. The average molecular weight is 1010 g/mol. The molecule has 0 saturated carbocycles. The minimum absolute atomic E-state index is 0.211. The zero-order valence-electron chi connectivity index (χ0n) is 44.0. The lowest BCUT2D eigenvalue weighted by Crippen LogP contribution is -2.68. The normalized spacial score (nSPS) is 14.0. The third kappa shape index (κ3) is 7.44. The van der Waals surface area contributed by atoms with Gasteiger partial charge < -0.3 is 9.44 Å². The quantitative estimate of drug-likeness (QED) is 0.111. The van der Waals surface area contributed by atoms with Crippen LogP contribution in [-0.2, 0) is 0 Å². The van der Waals surface area contributed by atoms with Gasteiger partial charge in [0.15, 0.2) is 0 Å². The second kappa shape index (κ2) is 19.1. The van der Waals surface area contributed by atoms with E-state index in [4.69, 9.17) is 0 Å². The Hall–Kier alpha value is -9.58. The van der Waals surface area contributed by atoms with Gasteiger partial charge in [-0.15, -0.1) is 0 Å². The molecule has 0 aromatic heterocycles. The maximum absolute atomic E-state index is 2.69. The Labute approximate surface area is 467 Å². The molecule has 2 saturated heterocycles. The zero-order valence-corrected chi connectivity index (χ0v) is 44.0. The second-order valence-corrected chi connectivity index (χ2v) is 21.5. The van der Waals surface area contributed by atoms with Gasteiger partial charge in [-0.3, -0.25) is 9.66 Å². The van der Waals surface area contributed by atoms with Crippen molar-refractivity contribution in [3.63, 3.8) is 0 Å². The number of fused-ring (bicyclic) bond motifs is 13. The predicted molar refractivity (Wildman–Crippen MR) is 345 cm³/mol. The number of hydrazine groups is 1.